The number of H-pyrrole nitrogens is 1. The van der Waals surface area contributed by atoms with E-state index in [0.717, 1.165) is 22.0 Å². The number of nitrogens with one attached hydrogen (secondary N) is 2. The summed E-state index contributed by atoms with van der Waals surface area (Å²) in [5, 5.41) is 14.0. The van der Waals surface area contributed by atoms with Gasteiger partial charge in [-0.2, -0.15) is 0 Å². The van der Waals surface area contributed by atoms with E-state index in [2.05, 4.69) is 27.1 Å². The van der Waals surface area contributed by atoms with E-state index in [-0.39, 0.29) is 18.6 Å². The van der Waals surface area contributed by atoms with Gasteiger partial charge < -0.3 is 20.1 Å². The van der Waals surface area contributed by atoms with Crippen LogP contribution in [0.25, 0.3) is 10.9 Å². The number of amides is 1. The lowest BCUT2D eigenvalue weighted by atomic mass is 10.0. The molecule has 1 atom stereocenters. The molecule has 2 aromatic heterocycles. The Kier molecular flexibility index (Phi) is 7.26. The standard InChI is InChI=1S/C28H27N3O3/c1-19(2)34-27-12-11-20(9-10-21-6-5-13-29-16-21)14-25(27)28(33)31-23(18-32)15-22-17-30-26-8-4-3-7-24(22)26/h3-8,11-14,16-17,19,23,30,32H,15,18H2,1-2H3,(H,31,33). The van der Waals surface area contributed by atoms with Crippen molar-refractivity contribution in [1.29, 1.82) is 0 Å². The third-order valence-corrected chi connectivity index (χ3v) is 5.30. The van der Waals surface area contributed by atoms with Gasteiger partial charge in [-0.3, -0.25) is 9.78 Å². The molecule has 0 aliphatic heterocycles. The summed E-state index contributed by atoms with van der Waals surface area (Å²) in [6.45, 7) is 3.63. The van der Waals surface area contributed by atoms with E-state index in [1.165, 1.54) is 0 Å². The number of rotatable bonds is 7. The van der Waals surface area contributed by atoms with Gasteiger partial charge in [0.1, 0.15) is 5.75 Å². The number of aromatic nitrogens is 2. The number of carbonyl (C=O) groups excluding carboxylic acids is 1. The third-order valence-electron chi connectivity index (χ3n) is 5.30. The van der Waals surface area contributed by atoms with Gasteiger partial charge >= 0.3 is 0 Å². The summed E-state index contributed by atoms with van der Waals surface area (Å²) in [6, 6.07) is 16.5. The average Bonchev–Trinajstić information content (AvgIpc) is 3.26. The minimum absolute atomic E-state index is 0.0984. The number of nitrogens with zero attached hydrogens (tertiary/aromatic N) is 1. The molecule has 0 spiro atoms. The summed E-state index contributed by atoms with van der Waals surface area (Å²) in [6.07, 6.45) is 5.69. The van der Waals surface area contributed by atoms with Crippen molar-refractivity contribution < 1.29 is 14.6 Å². The number of fused-ring (bicyclic) bond motifs is 1. The number of hydrogen-bond acceptors (Lipinski definition) is 4. The van der Waals surface area contributed by atoms with Gasteiger partial charge in [-0.05, 0) is 62.2 Å². The molecule has 4 rings (SSSR count). The van der Waals surface area contributed by atoms with Crippen LogP contribution in [0.1, 0.15) is 40.9 Å². The first-order valence-corrected chi connectivity index (χ1v) is 11.2. The monoisotopic (exact) mass is 453 g/mol. The molecule has 0 radical (unpaired) electrons. The Morgan fingerprint density at radius 3 is 2.71 bits per heavy atom. The zero-order valence-corrected chi connectivity index (χ0v) is 19.2. The van der Waals surface area contributed by atoms with Crippen LogP contribution in [0, 0.1) is 11.8 Å². The summed E-state index contributed by atoms with van der Waals surface area (Å²) in [5.41, 5.74) is 3.90. The number of hydrogen-bond donors (Lipinski definition) is 3. The molecule has 0 aliphatic rings. The van der Waals surface area contributed by atoms with E-state index >= 15 is 0 Å². The Morgan fingerprint density at radius 2 is 1.94 bits per heavy atom. The van der Waals surface area contributed by atoms with Gasteiger partial charge in [0, 0.05) is 40.6 Å². The fourth-order valence-electron chi connectivity index (χ4n) is 3.71. The molecule has 3 N–H and O–H groups in total. The van der Waals surface area contributed by atoms with Crippen molar-refractivity contribution in [1.82, 2.24) is 15.3 Å². The Labute approximate surface area is 199 Å². The Hall–Kier alpha value is -4.08. The number of benzene rings is 2. The molecule has 0 aliphatic carbocycles. The molecule has 0 saturated carbocycles. The van der Waals surface area contributed by atoms with Crippen LogP contribution in [0.4, 0.5) is 0 Å². The lowest BCUT2D eigenvalue weighted by molar-refractivity contribution is 0.0910. The SMILES string of the molecule is CC(C)Oc1ccc(C#Cc2cccnc2)cc1C(=O)NC(CO)Cc1c[nH]c2ccccc12. The fraction of sp³-hybridized carbons (Fsp3) is 0.214. The smallest absolute Gasteiger partial charge is 0.255 e. The Morgan fingerprint density at radius 1 is 1.12 bits per heavy atom. The maximum absolute atomic E-state index is 13.3. The summed E-state index contributed by atoms with van der Waals surface area (Å²) in [5.74, 6) is 6.29. The normalized spacial score (nSPS) is 11.6. The quantitative estimate of drug-likeness (QED) is 0.368. The zero-order valence-electron chi connectivity index (χ0n) is 19.2. The second-order valence-corrected chi connectivity index (χ2v) is 8.29. The molecular formula is C28H27N3O3. The molecule has 34 heavy (non-hydrogen) atoms. The minimum Gasteiger partial charge on any atom is -0.490 e. The first-order chi connectivity index (χ1) is 16.5. The highest BCUT2D eigenvalue weighted by atomic mass is 16.5. The maximum atomic E-state index is 13.3. The summed E-state index contributed by atoms with van der Waals surface area (Å²) in [7, 11) is 0. The maximum Gasteiger partial charge on any atom is 0.255 e. The van der Waals surface area contributed by atoms with Gasteiger partial charge in [-0.15, -0.1) is 0 Å². The zero-order chi connectivity index (χ0) is 23.9. The number of ether oxygens (including phenoxy) is 1. The fourth-order valence-corrected chi connectivity index (χ4v) is 3.71. The number of para-hydroxylation sites is 1. The van der Waals surface area contributed by atoms with Crippen molar-refractivity contribution in [3.8, 4) is 17.6 Å². The number of carbonyl (C=O) groups is 1. The van der Waals surface area contributed by atoms with E-state index in [0.29, 0.717) is 23.3 Å². The van der Waals surface area contributed by atoms with Crippen LogP contribution in [0.2, 0.25) is 0 Å². The van der Waals surface area contributed by atoms with Crippen LogP contribution < -0.4 is 10.1 Å². The molecule has 172 valence electrons. The average molecular weight is 454 g/mol. The summed E-state index contributed by atoms with van der Waals surface area (Å²) < 4.78 is 5.88. The van der Waals surface area contributed by atoms with Crippen LogP contribution in [0.3, 0.4) is 0 Å². The van der Waals surface area contributed by atoms with E-state index in [9.17, 15) is 9.90 Å². The van der Waals surface area contributed by atoms with Crippen molar-refractivity contribution in [3.05, 3.63) is 95.4 Å². The second kappa shape index (κ2) is 10.7. The van der Waals surface area contributed by atoms with Gasteiger partial charge in [-0.25, -0.2) is 0 Å². The first-order valence-electron chi connectivity index (χ1n) is 11.2. The lowest BCUT2D eigenvalue weighted by Gasteiger charge is -2.19. The number of pyridine rings is 1. The number of aromatic amines is 1. The topological polar surface area (TPSA) is 87.2 Å². The highest BCUT2D eigenvalue weighted by molar-refractivity contribution is 5.97. The van der Waals surface area contributed by atoms with Gasteiger partial charge in [0.25, 0.3) is 5.91 Å². The van der Waals surface area contributed by atoms with E-state index < -0.39 is 6.04 Å². The van der Waals surface area contributed by atoms with Gasteiger partial charge in [0.15, 0.2) is 0 Å². The largest absolute Gasteiger partial charge is 0.490 e. The third kappa shape index (κ3) is 5.64. The van der Waals surface area contributed by atoms with Crippen LogP contribution in [-0.4, -0.2) is 39.7 Å². The summed E-state index contributed by atoms with van der Waals surface area (Å²) in [4.78, 5) is 20.6. The van der Waals surface area contributed by atoms with Gasteiger partial charge in [-0.1, -0.05) is 30.0 Å². The molecule has 0 saturated heterocycles. The molecule has 1 amide bonds. The summed E-state index contributed by atoms with van der Waals surface area (Å²) >= 11 is 0. The second-order valence-electron chi connectivity index (χ2n) is 8.29. The molecule has 6 heteroatoms. The van der Waals surface area contributed by atoms with Gasteiger partial charge in [0.2, 0.25) is 0 Å². The van der Waals surface area contributed by atoms with E-state index in [4.69, 9.17) is 4.74 Å². The van der Waals surface area contributed by atoms with Crippen LogP contribution in [-0.2, 0) is 6.42 Å². The number of aliphatic hydroxyl groups is 1. The molecule has 2 heterocycles. The van der Waals surface area contributed by atoms with Crippen molar-refractivity contribution in [2.75, 3.05) is 6.61 Å². The van der Waals surface area contributed by atoms with Crippen molar-refractivity contribution in [3.63, 3.8) is 0 Å². The number of aliphatic hydroxyl groups excluding tert-OH is 1. The predicted octanol–water partition coefficient (Wildman–Crippen LogP) is 4.08. The van der Waals surface area contributed by atoms with E-state index in [1.807, 2.05) is 62.5 Å². The molecule has 6 nitrogen and oxygen atoms in total. The molecule has 0 fully saturated rings. The molecule has 2 aromatic carbocycles. The van der Waals surface area contributed by atoms with Gasteiger partial charge in [0.05, 0.1) is 24.3 Å². The first kappa shape index (κ1) is 23.1. The van der Waals surface area contributed by atoms with Crippen LogP contribution in [0.5, 0.6) is 5.75 Å². The Balaban J connectivity index is 1.57. The molecule has 1 unspecified atom stereocenters. The Bertz CT molecular complexity index is 1330. The lowest BCUT2D eigenvalue weighted by Crippen LogP contribution is -2.39. The highest BCUT2D eigenvalue weighted by Gasteiger charge is 2.19. The van der Waals surface area contributed by atoms with Crippen molar-refractivity contribution >= 4 is 16.8 Å². The minimum atomic E-state index is -0.455. The van der Waals surface area contributed by atoms with Crippen molar-refractivity contribution in [2.45, 2.75) is 32.4 Å². The van der Waals surface area contributed by atoms with E-state index in [1.54, 1.807) is 24.5 Å². The molecule has 0 bridgehead atoms. The highest BCUT2D eigenvalue weighted by Crippen LogP contribution is 2.23. The van der Waals surface area contributed by atoms with Crippen molar-refractivity contribution in [2.24, 2.45) is 0 Å². The predicted molar refractivity (Wildman–Crippen MR) is 133 cm³/mol. The molecule has 4 aromatic rings. The van der Waals surface area contributed by atoms with Crippen LogP contribution >= 0.6 is 0 Å². The molecular weight excluding hydrogens is 426 g/mol. The van der Waals surface area contributed by atoms with Crippen LogP contribution in [0.15, 0.2) is 73.2 Å².